The van der Waals surface area contributed by atoms with Gasteiger partial charge in [-0.05, 0) is 61.9 Å². The molecule has 0 aliphatic carbocycles. The molecule has 2 aromatic heterocycles. The fourth-order valence-electron chi connectivity index (χ4n) is 4.26. The topological polar surface area (TPSA) is 104 Å². The predicted octanol–water partition coefficient (Wildman–Crippen LogP) is 4.76. The van der Waals surface area contributed by atoms with Crippen molar-refractivity contribution in [1.82, 2.24) is 20.3 Å². The van der Waals surface area contributed by atoms with Crippen LogP contribution in [0.4, 0.5) is 22.9 Å². The fourth-order valence-corrected chi connectivity index (χ4v) is 4.49. The molecular weight excluding hydrogens is 490 g/mol. The molecule has 4 aromatic rings. The number of amides is 1. The highest BCUT2D eigenvalue weighted by atomic mass is 35.5. The summed E-state index contributed by atoms with van der Waals surface area (Å²) in [4.78, 5) is 28.0. The van der Waals surface area contributed by atoms with E-state index in [1.807, 2.05) is 55.4 Å². The van der Waals surface area contributed by atoms with Crippen LogP contribution in [0.1, 0.15) is 18.5 Å². The van der Waals surface area contributed by atoms with Crippen LogP contribution in [0.3, 0.4) is 0 Å². The van der Waals surface area contributed by atoms with Gasteiger partial charge >= 0.3 is 0 Å². The van der Waals surface area contributed by atoms with Gasteiger partial charge in [0, 0.05) is 31.4 Å². The van der Waals surface area contributed by atoms with Gasteiger partial charge in [-0.15, -0.1) is 0 Å². The second-order valence-electron chi connectivity index (χ2n) is 9.02. The second-order valence-corrected chi connectivity index (χ2v) is 9.43. The zero-order valence-electron chi connectivity index (χ0n) is 20.7. The number of hydrogen-bond donors (Lipinski definition) is 3. The van der Waals surface area contributed by atoms with Crippen molar-refractivity contribution >= 4 is 51.3 Å². The van der Waals surface area contributed by atoms with Crippen molar-refractivity contribution in [1.29, 1.82) is 0 Å². The van der Waals surface area contributed by atoms with E-state index in [1.165, 1.54) is 6.33 Å². The number of ether oxygens (including phenoxy) is 1. The molecular formula is C27H28ClN7O2. The molecule has 190 valence electrons. The number of pyridine rings is 1. The van der Waals surface area contributed by atoms with Crippen molar-refractivity contribution in [3.8, 4) is 5.75 Å². The van der Waals surface area contributed by atoms with Crippen LogP contribution in [-0.4, -0.2) is 47.5 Å². The third kappa shape index (κ3) is 5.73. The number of nitrogens with one attached hydrogen (secondary N) is 3. The summed E-state index contributed by atoms with van der Waals surface area (Å²) in [7, 11) is 3.87. The number of hydrogen-bond acceptors (Lipinski definition) is 8. The molecule has 0 bridgehead atoms. The number of carbonyl (C=O) groups is 1. The minimum atomic E-state index is -0.184. The number of rotatable bonds is 8. The van der Waals surface area contributed by atoms with Crippen LogP contribution in [0.15, 0.2) is 61.1 Å². The van der Waals surface area contributed by atoms with Gasteiger partial charge in [0.1, 0.15) is 24.5 Å². The highest BCUT2D eigenvalue weighted by Crippen LogP contribution is 2.35. The Kier molecular flexibility index (Phi) is 7.34. The molecule has 1 amide bonds. The summed E-state index contributed by atoms with van der Waals surface area (Å²) in [6.07, 6.45) is 5.06. The molecule has 3 heterocycles. The molecule has 0 saturated carbocycles. The van der Waals surface area contributed by atoms with Crippen LogP contribution in [0.2, 0.25) is 5.02 Å². The summed E-state index contributed by atoms with van der Waals surface area (Å²) in [6.45, 7) is 1.18. The van der Waals surface area contributed by atoms with E-state index in [0.29, 0.717) is 28.9 Å². The van der Waals surface area contributed by atoms with E-state index in [-0.39, 0.29) is 11.9 Å². The molecule has 1 saturated heterocycles. The Morgan fingerprint density at radius 3 is 2.78 bits per heavy atom. The average molecular weight is 518 g/mol. The molecule has 3 N–H and O–H groups in total. The van der Waals surface area contributed by atoms with Crippen LogP contribution in [0.25, 0.3) is 10.9 Å². The number of benzene rings is 2. The first-order valence-electron chi connectivity index (χ1n) is 12.1. The van der Waals surface area contributed by atoms with Crippen molar-refractivity contribution in [3.05, 3.63) is 71.8 Å². The molecule has 1 aliphatic heterocycles. The maximum atomic E-state index is 12.8. The Bertz CT molecular complexity index is 1410. The summed E-state index contributed by atoms with van der Waals surface area (Å²) >= 11 is 6.50. The molecule has 1 aliphatic rings. The molecule has 5 rings (SSSR count). The van der Waals surface area contributed by atoms with Crippen LogP contribution in [0.5, 0.6) is 5.75 Å². The quantitative estimate of drug-likeness (QED) is 0.307. The first-order chi connectivity index (χ1) is 18.0. The van der Waals surface area contributed by atoms with Gasteiger partial charge in [-0.25, -0.2) is 9.97 Å². The Morgan fingerprint density at radius 2 is 2.05 bits per heavy atom. The zero-order valence-corrected chi connectivity index (χ0v) is 21.4. The second kappa shape index (κ2) is 11.0. The van der Waals surface area contributed by atoms with Crippen LogP contribution in [0, 0.1) is 0 Å². The standard InChI is InChI=1S/C27H28ClN7O2/c1-35(2)24-14-22-19(13-23(24)34-27(36)21-7-5-11-30-21)26(32-16-31-22)33-17-8-9-25(20(28)12-17)37-15-18-6-3-4-10-29-18/h3-4,6,8-10,12-14,16,21,30H,5,7,11,15H2,1-2H3,(H,34,36)(H,31,32,33)/t21-/m0/s1. The van der Waals surface area contributed by atoms with E-state index in [0.717, 1.165) is 47.4 Å². The van der Waals surface area contributed by atoms with Crippen LogP contribution >= 0.6 is 11.6 Å². The van der Waals surface area contributed by atoms with E-state index < -0.39 is 0 Å². The first-order valence-corrected chi connectivity index (χ1v) is 12.5. The summed E-state index contributed by atoms with van der Waals surface area (Å²) in [5, 5.41) is 10.9. The smallest absolute Gasteiger partial charge is 0.241 e. The van der Waals surface area contributed by atoms with Gasteiger partial charge in [0.05, 0.1) is 33.6 Å². The van der Waals surface area contributed by atoms with Gasteiger partial charge in [0.25, 0.3) is 0 Å². The fraction of sp³-hybridized carbons (Fsp3) is 0.259. The van der Waals surface area contributed by atoms with Crippen molar-refractivity contribution < 1.29 is 9.53 Å². The number of anilines is 4. The number of halogens is 1. The minimum absolute atomic E-state index is 0.0422. The SMILES string of the molecule is CN(C)c1cc2ncnc(Nc3ccc(OCc4ccccn4)c(Cl)c3)c2cc1NC(=O)[C@@H]1CCCN1. The molecule has 9 nitrogen and oxygen atoms in total. The lowest BCUT2D eigenvalue weighted by molar-refractivity contribution is -0.117. The predicted molar refractivity (Wildman–Crippen MR) is 147 cm³/mol. The highest BCUT2D eigenvalue weighted by Gasteiger charge is 2.23. The van der Waals surface area contributed by atoms with E-state index >= 15 is 0 Å². The van der Waals surface area contributed by atoms with Crippen LogP contribution in [-0.2, 0) is 11.4 Å². The van der Waals surface area contributed by atoms with Gasteiger partial charge in [-0.3, -0.25) is 9.78 Å². The van der Waals surface area contributed by atoms with Crippen LogP contribution < -0.4 is 25.6 Å². The number of fused-ring (bicyclic) bond motifs is 1. The summed E-state index contributed by atoms with van der Waals surface area (Å²) in [5.74, 6) is 1.12. The maximum absolute atomic E-state index is 12.8. The van der Waals surface area contributed by atoms with Crippen molar-refractivity contribution in [2.75, 3.05) is 36.2 Å². The number of carbonyl (C=O) groups excluding carboxylic acids is 1. The third-order valence-corrected chi connectivity index (χ3v) is 6.46. The third-order valence-electron chi connectivity index (χ3n) is 6.17. The molecule has 1 fully saturated rings. The lowest BCUT2D eigenvalue weighted by Gasteiger charge is -2.21. The molecule has 0 unspecified atom stereocenters. The highest BCUT2D eigenvalue weighted by molar-refractivity contribution is 6.32. The molecule has 2 aromatic carbocycles. The number of nitrogens with zero attached hydrogens (tertiary/aromatic N) is 4. The lowest BCUT2D eigenvalue weighted by Crippen LogP contribution is -2.35. The van der Waals surface area contributed by atoms with E-state index in [1.54, 1.807) is 18.3 Å². The van der Waals surface area contributed by atoms with E-state index in [4.69, 9.17) is 16.3 Å². The van der Waals surface area contributed by atoms with Crippen molar-refractivity contribution in [2.45, 2.75) is 25.5 Å². The largest absolute Gasteiger partial charge is 0.486 e. The van der Waals surface area contributed by atoms with Gasteiger partial charge in [-0.1, -0.05) is 17.7 Å². The molecule has 1 atom stereocenters. The summed E-state index contributed by atoms with van der Waals surface area (Å²) in [5.41, 5.74) is 3.87. The first kappa shape index (κ1) is 24.7. The van der Waals surface area contributed by atoms with Gasteiger partial charge in [0.2, 0.25) is 5.91 Å². The minimum Gasteiger partial charge on any atom is -0.486 e. The van der Waals surface area contributed by atoms with Crippen molar-refractivity contribution in [2.24, 2.45) is 0 Å². The molecule has 0 radical (unpaired) electrons. The monoisotopic (exact) mass is 517 g/mol. The molecule has 37 heavy (non-hydrogen) atoms. The summed E-state index contributed by atoms with van der Waals surface area (Å²) in [6, 6.07) is 14.8. The zero-order chi connectivity index (χ0) is 25.8. The van der Waals surface area contributed by atoms with Gasteiger partial charge < -0.3 is 25.6 Å². The molecule has 10 heteroatoms. The average Bonchev–Trinajstić information content (AvgIpc) is 3.44. The molecule has 0 spiro atoms. The Morgan fingerprint density at radius 1 is 1.16 bits per heavy atom. The summed E-state index contributed by atoms with van der Waals surface area (Å²) < 4.78 is 5.83. The Balaban J connectivity index is 1.39. The normalized spacial score (nSPS) is 14.9. The van der Waals surface area contributed by atoms with Gasteiger partial charge in [-0.2, -0.15) is 0 Å². The Labute approximate surface area is 220 Å². The van der Waals surface area contributed by atoms with E-state index in [2.05, 4.69) is 30.9 Å². The maximum Gasteiger partial charge on any atom is 0.241 e. The van der Waals surface area contributed by atoms with Gasteiger partial charge in [0.15, 0.2) is 0 Å². The van der Waals surface area contributed by atoms with Crippen molar-refractivity contribution in [3.63, 3.8) is 0 Å². The van der Waals surface area contributed by atoms with E-state index in [9.17, 15) is 4.79 Å². The number of aromatic nitrogens is 3. The lowest BCUT2D eigenvalue weighted by atomic mass is 10.1. The Hall–Kier alpha value is -3.95.